The molecule has 0 spiro atoms. The van der Waals surface area contributed by atoms with Crippen LogP contribution in [0.5, 0.6) is 11.5 Å². The Kier molecular flexibility index (Phi) is 6.65. The molecule has 7 heteroatoms. The minimum Gasteiger partial charge on any atom is -0.457 e. The van der Waals surface area contributed by atoms with E-state index in [2.05, 4.69) is 5.32 Å². The maximum absolute atomic E-state index is 12.9. The highest BCUT2D eigenvalue weighted by Crippen LogP contribution is 2.27. The van der Waals surface area contributed by atoms with Gasteiger partial charge in [-0.25, -0.2) is 8.42 Å². The van der Waals surface area contributed by atoms with E-state index in [4.69, 9.17) is 4.74 Å². The van der Waals surface area contributed by atoms with Crippen molar-refractivity contribution < 1.29 is 17.9 Å². The van der Waals surface area contributed by atoms with Crippen molar-refractivity contribution in [2.75, 3.05) is 15.9 Å². The van der Waals surface area contributed by atoms with E-state index >= 15 is 0 Å². The van der Waals surface area contributed by atoms with Gasteiger partial charge in [0, 0.05) is 5.69 Å². The van der Waals surface area contributed by atoms with E-state index in [0.717, 1.165) is 21.7 Å². The van der Waals surface area contributed by atoms with Gasteiger partial charge in [0.15, 0.2) is 0 Å². The maximum Gasteiger partial charge on any atom is 0.248 e. The van der Waals surface area contributed by atoms with Gasteiger partial charge in [-0.15, -0.1) is 0 Å². The van der Waals surface area contributed by atoms with E-state index in [0.29, 0.717) is 22.9 Å². The number of amides is 1. The zero-order chi connectivity index (χ0) is 22.6. The largest absolute Gasteiger partial charge is 0.457 e. The Bertz CT molecular complexity index is 1160. The summed E-state index contributed by atoms with van der Waals surface area (Å²) in [4.78, 5) is 12.9. The third-order valence-electron chi connectivity index (χ3n) is 5.02. The lowest BCUT2D eigenvalue weighted by atomic mass is 10.1. The average Bonchev–Trinajstić information content (AvgIpc) is 2.72. The molecule has 3 rings (SSSR count). The van der Waals surface area contributed by atoms with Gasteiger partial charge < -0.3 is 10.1 Å². The number of carbonyl (C=O) groups excluding carboxylic acids is 1. The topological polar surface area (TPSA) is 75.7 Å². The molecule has 0 fully saturated rings. The average molecular weight is 439 g/mol. The summed E-state index contributed by atoms with van der Waals surface area (Å²) < 4.78 is 32.0. The van der Waals surface area contributed by atoms with Crippen molar-refractivity contribution in [1.82, 2.24) is 0 Å². The van der Waals surface area contributed by atoms with Crippen molar-refractivity contribution in [2.45, 2.75) is 26.8 Å². The molecule has 3 aromatic carbocycles. The van der Waals surface area contributed by atoms with Crippen LogP contribution >= 0.6 is 0 Å². The maximum atomic E-state index is 12.9. The third-order valence-corrected chi connectivity index (χ3v) is 6.26. The quantitative estimate of drug-likeness (QED) is 0.570. The highest BCUT2D eigenvalue weighted by molar-refractivity contribution is 7.92. The van der Waals surface area contributed by atoms with Crippen LogP contribution in [0.25, 0.3) is 0 Å². The van der Waals surface area contributed by atoms with Gasteiger partial charge in [0.25, 0.3) is 0 Å². The van der Waals surface area contributed by atoms with Gasteiger partial charge in [-0.1, -0.05) is 30.3 Å². The predicted molar refractivity (Wildman–Crippen MR) is 124 cm³/mol. The molecular formula is C24H26N2O4S. The Hall–Kier alpha value is -3.32. The van der Waals surface area contributed by atoms with E-state index in [1.54, 1.807) is 37.3 Å². The van der Waals surface area contributed by atoms with Crippen molar-refractivity contribution in [1.29, 1.82) is 0 Å². The summed E-state index contributed by atoms with van der Waals surface area (Å²) in [7, 11) is -3.71. The smallest absolute Gasteiger partial charge is 0.248 e. The molecule has 0 aliphatic rings. The number of hydrogen-bond donors (Lipinski definition) is 1. The fraction of sp³-hybridized carbons (Fsp3) is 0.208. The summed E-state index contributed by atoms with van der Waals surface area (Å²) >= 11 is 0. The van der Waals surface area contributed by atoms with Gasteiger partial charge in [0.05, 0.1) is 11.9 Å². The molecule has 0 saturated heterocycles. The molecule has 3 aromatic rings. The number of sulfonamides is 1. The molecular weight excluding hydrogens is 412 g/mol. The Morgan fingerprint density at radius 3 is 2.13 bits per heavy atom. The van der Waals surface area contributed by atoms with E-state index in [1.165, 1.54) is 0 Å². The molecule has 1 N–H and O–H groups in total. The van der Waals surface area contributed by atoms with Gasteiger partial charge in [-0.3, -0.25) is 9.10 Å². The summed E-state index contributed by atoms with van der Waals surface area (Å²) in [6, 6.07) is 20.5. The van der Waals surface area contributed by atoms with E-state index in [1.807, 2.05) is 56.3 Å². The van der Waals surface area contributed by atoms with Crippen molar-refractivity contribution in [3.63, 3.8) is 0 Å². The lowest BCUT2D eigenvalue weighted by Gasteiger charge is -2.28. The predicted octanol–water partition coefficient (Wildman–Crippen LogP) is 4.89. The number of hydrogen-bond acceptors (Lipinski definition) is 4. The molecule has 0 aliphatic heterocycles. The van der Waals surface area contributed by atoms with Crippen LogP contribution in [0.1, 0.15) is 18.1 Å². The van der Waals surface area contributed by atoms with Gasteiger partial charge in [-0.05, 0) is 74.4 Å². The first-order chi connectivity index (χ1) is 14.7. The molecule has 0 unspecified atom stereocenters. The summed E-state index contributed by atoms with van der Waals surface area (Å²) in [6.45, 7) is 5.43. The van der Waals surface area contributed by atoms with Crippen molar-refractivity contribution in [3.8, 4) is 11.5 Å². The number of aryl methyl sites for hydroxylation is 1. The summed E-state index contributed by atoms with van der Waals surface area (Å²) in [5, 5.41) is 2.85. The minimum absolute atomic E-state index is 0.381. The monoisotopic (exact) mass is 438 g/mol. The van der Waals surface area contributed by atoms with Crippen LogP contribution in [0.3, 0.4) is 0 Å². The lowest BCUT2D eigenvalue weighted by molar-refractivity contribution is -0.116. The molecule has 0 bridgehead atoms. The normalized spacial score (nSPS) is 12.1. The molecule has 0 aromatic heterocycles. The van der Waals surface area contributed by atoms with Crippen LogP contribution in [-0.4, -0.2) is 26.6 Å². The Morgan fingerprint density at radius 2 is 1.52 bits per heavy atom. The zero-order valence-corrected chi connectivity index (χ0v) is 18.8. The van der Waals surface area contributed by atoms with Gasteiger partial charge in [0.2, 0.25) is 15.9 Å². The van der Waals surface area contributed by atoms with E-state index < -0.39 is 22.0 Å². The Morgan fingerprint density at radius 1 is 0.903 bits per heavy atom. The first-order valence-corrected chi connectivity index (χ1v) is 11.7. The standard InChI is InChI=1S/C24H26N2O4S/c1-17-9-8-12-23(18(17)2)25-24(27)19(3)26(31(4,28)29)20-13-15-22(16-14-20)30-21-10-6-5-7-11-21/h5-16,19H,1-4H3,(H,25,27)/t19-/m0/s1. The molecule has 6 nitrogen and oxygen atoms in total. The van der Waals surface area contributed by atoms with Crippen LogP contribution in [0, 0.1) is 13.8 Å². The highest BCUT2D eigenvalue weighted by atomic mass is 32.2. The number of para-hydroxylation sites is 1. The Labute approximate surface area is 183 Å². The first kappa shape index (κ1) is 22.4. The molecule has 0 heterocycles. The van der Waals surface area contributed by atoms with Crippen LogP contribution in [0.4, 0.5) is 11.4 Å². The van der Waals surface area contributed by atoms with Crippen molar-refractivity contribution in [2.24, 2.45) is 0 Å². The van der Waals surface area contributed by atoms with Crippen molar-refractivity contribution >= 4 is 27.3 Å². The summed E-state index contributed by atoms with van der Waals surface area (Å²) in [5.41, 5.74) is 3.03. The molecule has 0 saturated carbocycles. The fourth-order valence-corrected chi connectivity index (χ4v) is 4.39. The zero-order valence-electron chi connectivity index (χ0n) is 18.0. The molecule has 162 valence electrons. The van der Waals surface area contributed by atoms with E-state index in [9.17, 15) is 13.2 Å². The van der Waals surface area contributed by atoms with Crippen LogP contribution < -0.4 is 14.4 Å². The molecule has 0 aliphatic carbocycles. The van der Waals surface area contributed by atoms with Crippen molar-refractivity contribution in [3.05, 3.63) is 83.9 Å². The number of benzene rings is 3. The van der Waals surface area contributed by atoms with Crippen LogP contribution in [0.15, 0.2) is 72.8 Å². The van der Waals surface area contributed by atoms with Gasteiger partial charge in [0.1, 0.15) is 17.5 Å². The fourth-order valence-electron chi connectivity index (χ4n) is 3.22. The van der Waals surface area contributed by atoms with E-state index in [-0.39, 0.29) is 0 Å². The number of rotatable bonds is 7. The number of ether oxygens (including phenoxy) is 1. The van der Waals surface area contributed by atoms with Gasteiger partial charge >= 0.3 is 0 Å². The first-order valence-electron chi connectivity index (χ1n) is 9.86. The van der Waals surface area contributed by atoms with Crippen LogP contribution in [-0.2, 0) is 14.8 Å². The SMILES string of the molecule is Cc1cccc(NC(=O)[C@H](C)N(c2ccc(Oc3ccccc3)cc2)S(C)(=O)=O)c1C. The molecule has 1 atom stereocenters. The molecule has 0 radical (unpaired) electrons. The molecule has 1 amide bonds. The second-order valence-electron chi connectivity index (χ2n) is 7.38. The minimum atomic E-state index is -3.71. The van der Waals surface area contributed by atoms with Crippen LogP contribution in [0.2, 0.25) is 0 Å². The summed E-state index contributed by atoms with van der Waals surface area (Å²) in [5.74, 6) is 0.830. The number of anilines is 2. The Balaban J connectivity index is 1.82. The molecule has 31 heavy (non-hydrogen) atoms. The second kappa shape index (κ2) is 9.22. The number of nitrogens with zero attached hydrogens (tertiary/aromatic N) is 1. The number of nitrogens with one attached hydrogen (secondary N) is 1. The second-order valence-corrected chi connectivity index (χ2v) is 9.24. The van der Waals surface area contributed by atoms with Gasteiger partial charge in [-0.2, -0.15) is 0 Å². The number of carbonyl (C=O) groups is 1. The highest BCUT2D eigenvalue weighted by Gasteiger charge is 2.29. The summed E-state index contributed by atoms with van der Waals surface area (Å²) in [6.07, 6.45) is 1.09. The third kappa shape index (κ3) is 5.44. The lowest BCUT2D eigenvalue weighted by Crippen LogP contribution is -2.45.